The van der Waals surface area contributed by atoms with Gasteiger partial charge in [-0.05, 0) is 30.3 Å². The van der Waals surface area contributed by atoms with Crippen LogP contribution in [0.25, 0.3) is 10.9 Å². The minimum atomic E-state index is -0.369. The van der Waals surface area contributed by atoms with Gasteiger partial charge in [-0.15, -0.1) is 0 Å². The molecule has 6 nitrogen and oxygen atoms in total. The van der Waals surface area contributed by atoms with Gasteiger partial charge in [0.05, 0.1) is 13.3 Å². The van der Waals surface area contributed by atoms with Gasteiger partial charge in [-0.2, -0.15) is 5.10 Å². The lowest BCUT2D eigenvalue weighted by molar-refractivity contribution is 0.0951. The van der Waals surface area contributed by atoms with Crippen molar-refractivity contribution in [3.8, 4) is 11.5 Å². The van der Waals surface area contributed by atoms with E-state index in [0.717, 1.165) is 10.9 Å². The smallest absolute Gasteiger partial charge is 0.287 e. The molecule has 1 aromatic heterocycles. The number of carbonyl (C=O) groups is 1. The molecule has 3 N–H and O–H groups in total. The molecule has 0 aliphatic rings. The highest BCUT2D eigenvalue weighted by Crippen LogP contribution is 2.21. The number of nitrogens with zero attached hydrogens (tertiary/aromatic N) is 1. The third kappa shape index (κ3) is 3.16. The first-order chi connectivity index (χ1) is 11.2. The average Bonchev–Trinajstić information content (AvgIpc) is 2.99. The number of aromatic amines is 1. The highest BCUT2D eigenvalue weighted by atomic mass is 16.5. The summed E-state index contributed by atoms with van der Waals surface area (Å²) in [7, 11) is 1.59. The van der Waals surface area contributed by atoms with E-state index in [4.69, 9.17) is 4.74 Å². The fourth-order valence-corrected chi connectivity index (χ4v) is 2.17. The molecule has 0 spiro atoms. The number of carbonyl (C=O) groups excluding carboxylic acids is 1. The Morgan fingerprint density at radius 3 is 2.87 bits per heavy atom. The summed E-state index contributed by atoms with van der Waals surface area (Å²) in [5, 5.41) is 14.4. The molecule has 0 bridgehead atoms. The predicted octanol–water partition coefficient (Wildman–Crippen LogP) is 2.65. The number of rotatable bonds is 4. The zero-order valence-electron chi connectivity index (χ0n) is 12.4. The molecular weight excluding hydrogens is 294 g/mol. The van der Waals surface area contributed by atoms with Crippen molar-refractivity contribution in [2.75, 3.05) is 7.11 Å². The van der Waals surface area contributed by atoms with Gasteiger partial charge in [0.25, 0.3) is 5.91 Å². The van der Waals surface area contributed by atoms with E-state index in [2.05, 4.69) is 15.5 Å². The van der Waals surface area contributed by atoms with E-state index in [1.165, 1.54) is 6.21 Å². The molecule has 1 heterocycles. The molecule has 0 saturated heterocycles. The molecule has 0 radical (unpaired) electrons. The van der Waals surface area contributed by atoms with Crippen LogP contribution in [0.1, 0.15) is 16.1 Å². The monoisotopic (exact) mass is 309 g/mol. The number of ether oxygens (including phenoxy) is 1. The molecule has 23 heavy (non-hydrogen) atoms. The van der Waals surface area contributed by atoms with Crippen LogP contribution in [0.4, 0.5) is 0 Å². The maximum absolute atomic E-state index is 12.1. The Bertz CT molecular complexity index is 884. The van der Waals surface area contributed by atoms with Crippen molar-refractivity contribution in [2.24, 2.45) is 5.10 Å². The number of methoxy groups -OCH3 is 1. The molecule has 0 saturated carbocycles. The molecule has 3 aromatic rings. The van der Waals surface area contributed by atoms with Gasteiger partial charge in [-0.1, -0.05) is 12.1 Å². The lowest BCUT2D eigenvalue weighted by atomic mass is 10.2. The van der Waals surface area contributed by atoms with Crippen molar-refractivity contribution < 1.29 is 14.6 Å². The van der Waals surface area contributed by atoms with Gasteiger partial charge in [0.1, 0.15) is 17.2 Å². The van der Waals surface area contributed by atoms with Crippen LogP contribution in [0.3, 0.4) is 0 Å². The standard InChI is InChI=1S/C17H15N3O3/c1-23-13-7-6-11-8-15(19-14(11)9-13)17(22)20-18-10-12-4-2-3-5-16(12)21/h2-10,19,21H,1H3,(H,20,22)/b18-10+. The second kappa shape index (κ2) is 6.23. The van der Waals surface area contributed by atoms with E-state index in [1.807, 2.05) is 18.2 Å². The van der Waals surface area contributed by atoms with Gasteiger partial charge in [0.2, 0.25) is 0 Å². The fourth-order valence-electron chi connectivity index (χ4n) is 2.17. The average molecular weight is 309 g/mol. The van der Waals surface area contributed by atoms with Crippen LogP contribution in [-0.2, 0) is 0 Å². The van der Waals surface area contributed by atoms with Crippen molar-refractivity contribution in [2.45, 2.75) is 0 Å². The van der Waals surface area contributed by atoms with Crippen molar-refractivity contribution in [3.05, 3.63) is 59.8 Å². The van der Waals surface area contributed by atoms with E-state index in [9.17, 15) is 9.90 Å². The molecule has 0 fully saturated rings. The van der Waals surface area contributed by atoms with Crippen LogP contribution in [0.15, 0.2) is 53.6 Å². The Hall–Kier alpha value is -3.28. The molecule has 1 amide bonds. The number of aromatic nitrogens is 1. The van der Waals surface area contributed by atoms with Crippen molar-refractivity contribution in [3.63, 3.8) is 0 Å². The van der Waals surface area contributed by atoms with Crippen LogP contribution in [0.2, 0.25) is 0 Å². The van der Waals surface area contributed by atoms with E-state index in [1.54, 1.807) is 37.4 Å². The van der Waals surface area contributed by atoms with Crippen LogP contribution in [-0.4, -0.2) is 29.3 Å². The molecule has 2 aromatic carbocycles. The first-order valence-corrected chi connectivity index (χ1v) is 6.95. The molecule has 116 valence electrons. The van der Waals surface area contributed by atoms with Crippen LogP contribution < -0.4 is 10.2 Å². The largest absolute Gasteiger partial charge is 0.507 e. The number of aromatic hydroxyl groups is 1. The molecule has 6 heteroatoms. The van der Waals surface area contributed by atoms with Gasteiger partial charge in [-0.25, -0.2) is 5.43 Å². The summed E-state index contributed by atoms with van der Waals surface area (Å²) in [6.45, 7) is 0. The van der Waals surface area contributed by atoms with Crippen LogP contribution in [0.5, 0.6) is 11.5 Å². The number of hydrogen-bond acceptors (Lipinski definition) is 4. The summed E-state index contributed by atoms with van der Waals surface area (Å²) < 4.78 is 5.15. The second-order valence-corrected chi connectivity index (χ2v) is 4.89. The molecule has 0 aliphatic carbocycles. The Morgan fingerprint density at radius 2 is 2.09 bits per heavy atom. The molecular formula is C17H15N3O3. The highest BCUT2D eigenvalue weighted by Gasteiger charge is 2.09. The van der Waals surface area contributed by atoms with Crippen LogP contribution in [0, 0.1) is 0 Å². The van der Waals surface area contributed by atoms with Crippen molar-refractivity contribution in [1.29, 1.82) is 0 Å². The zero-order valence-corrected chi connectivity index (χ0v) is 12.4. The fraction of sp³-hybridized carbons (Fsp3) is 0.0588. The maximum Gasteiger partial charge on any atom is 0.287 e. The Labute approximate surface area is 132 Å². The first kappa shape index (κ1) is 14.6. The number of phenolic OH excluding ortho intramolecular Hbond substituents is 1. The van der Waals surface area contributed by atoms with Crippen molar-refractivity contribution in [1.82, 2.24) is 10.4 Å². The SMILES string of the molecule is COc1ccc2cc(C(=O)N/N=C/c3ccccc3O)[nH]c2c1. The molecule has 0 unspecified atom stereocenters. The van der Waals surface area contributed by atoms with Gasteiger partial charge < -0.3 is 14.8 Å². The second-order valence-electron chi connectivity index (χ2n) is 4.89. The molecule has 0 atom stereocenters. The summed E-state index contributed by atoms with van der Waals surface area (Å²) in [5.74, 6) is 0.443. The lowest BCUT2D eigenvalue weighted by Crippen LogP contribution is -2.17. The van der Waals surface area contributed by atoms with Gasteiger partial charge in [0.15, 0.2) is 0 Å². The van der Waals surface area contributed by atoms with Crippen LogP contribution >= 0.6 is 0 Å². The predicted molar refractivity (Wildman–Crippen MR) is 88.0 cm³/mol. The Kier molecular flexibility index (Phi) is 3.97. The molecule has 3 rings (SSSR count). The summed E-state index contributed by atoms with van der Waals surface area (Å²) in [5.41, 5.74) is 4.14. The highest BCUT2D eigenvalue weighted by molar-refractivity contribution is 5.98. The summed E-state index contributed by atoms with van der Waals surface area (Å²) in [6.07, 6.45) is 1.39. The topological polar surface area (TPSA) is 86.7 Å². The zero-order chi connectivity index (χ0) is 16.2. The summed E-state index contributed by atoms with van der Waals surface area (Å²) in [4.78, 5) is 15.1. The number of hydrogen-bond donors (Lipinski definition) is 3. The number of fused-ring (bicyclic) bond motifs is 1. The Morgan fingerprint density at radius 1 is 1.26 bits per heavy atom. The third-order valence-corrected chi connectivity index (χ3v) is 3.38. The quantitative estimate of drug-likeness (QED) is 0.511. The number of H-pyrrole nitrogens is 1. The number of phenols is 1. The summed E-state index contributed by atoms with van der Waals surface area (Å²) in [6, 6.07) is 14.0. The van der Waals surface area contributed by atoms with E-state index in [-0.39, 0.29) is 11.7 Å². The number of amides is 1. The number of para-hydroxylation sites is 1. The Balaban J connectivity index is 1.74. The number of benzene rings is 2. The number of nitrogens with one attached hydrogen (secondary N) is 2. The van der Waals surface area contributed by atoms with Gasteiger partial charge in [0, 0.05) is 22.5 Å². The van der Waals surface area contributed by atoms with E-state index >= 15 is 0 Å². The normalized spacial score (nSPS) is 11.0. The minimum absolute atomic E-state index is 0.100. The van der Waals surface area contributed by atoms with E-state index < -0.39 is 0 Å². The molecule has 0 aliphatic heterocycles. The van der Waals surface area contributed by atoms with Gasteiger partial charge >= 0.3 is 0 Å². The minimum Gasteiger partial charge on any atom is -0.507 e. The van der Waals surface area contributed by atoms with Crippen molar-refractivity contribution >= 4 is 23.0 Å². The maximum atomic E-state index is 12.1. The van der Waals surface area contributed by atoms with E-state index in [0.29, 0.717) is 17.0 Å². The summed E-state index contributed by atoms with van der Waals surface area (Å²) >= 11 is 0. The first-order valence-electron chi connectivity index (χ1n) is 6.95. The number of hydrazone groups is 1. The van der Waals surface area contributed by atoms with Gasteiger partial charge in [-0.3, -0.25) is 4.79 Å². The lowest BCUT2D eigenvalue weighted by Gasteiger charge is -1.98. The third-order valence-electron chi connectivity index (χ3n) is 3.38.